The Morgan fingerprint density at radius 1 is 1.24 bits per heavy atom. The van der Waals surface area contributed by atoms with Crippen molar-refractivity contribution >= 4 is 0 Å². The smallest absolute Gasteiger partial charge is 0.0503 e. The minimum Gasteiger partial charge on any atom is -0.296 e. The molecule has 0 amide bonds. The van der Waals surface area contributed by atoms with E-state index in [9.17, 15) is 0 Å². The van der Waals surface area contributed by atoms with Crippen LogP contribution in [0.2, 0.25) is 0 Å². The molecule has 0 aromatic rings. The highest BCUT2D eigenvalue weighted by Crippen LogP contribution is 2.40. The van der Waals surface area contributed by atoms with Gasteiger partial charge in [0.25, 0.3) is 0 Å². The van der Waals surface area contributed by atoms with E-state index in [0.29, 0.717) is 6.04 Å². The van der Waals surface area contributed by atoms with Crippen molar-refractivity contribution in [1.29, 1.82) is 0 Å². The summed E-state index contributed by atoms with van der Waals surface area (Å²) in [6, 6.07) is 0.329. The lowest BCUT2D eigenvalue weighted by molar-refractivity contribution is 0.0785. The van der Waals surface area contributed by atoms with E-state index in [-0.39, 0.29) is 5.54 Å². The second-order valence-electron chi connectivity index (χ2n) is 5.35. The van der Waals surface area contributed by atoms with Gasteiger partial charge in [0.1, 0.15) is 0 Å². The van der Waals surface area contributed by atoms with Crippen LogP contribution in [0.15, 0.2) is 0 Å². The fourth-order valence-electron chi connectivity index (χ4n) is 3.64. The Hall–Kier alpha value is -0.560. The van der Waals surface area contributed by atoms with E-state index in [1.807, 2.05) is 6.92 Å². The maximum absolute atomic E-state index is 5.80. The van der Waals surface area contributed by atoms with Crippen LogP contribution in [0, 0.1) is 11.8 Å². The highest BCUT2D eigenvalue weighted by molar-refractivity contribution is 5.09. The second-order valence-corrected chi connectivity index (χ2v) is 5.35. The van der Waals surface area contributed by atoms with Crippen LogP contribution in [0.25, 0.3) is 0 Å². The maximum Gasteiger partial charge on any atom is 0.0503 e. The third-order valence-corrected chi connectivity index (χ3v) is 4.54. The van der Waals surface area contributed by atoms with Gasteiger partial charge >= 0.3 is 0 Å². The van der Waals surface area contributed by atoms with Gasteiger partial charge in [0.2, 0.25) is 0 Å². The molecule has 17 heavy (non-hydrogen) atoms. The summed E-state index contributed by atoms with van der Waals surface area (Å²) in [5.74, 6) is 12.0. The summed E-state index contributed by atoms with van der Waals surface area (Å²) in [6.45, 7) is 4.40. The van der Waals surface area contributed by atoms with E-state index in [0.717, 1.165) is 6.42 Å². The third kappa shape index (κ3) is 2.49. The van der Waals surface area contributed by atoms with Crippen molar-refractivity contribution in [3.05, 3.63) is 0 Å². The van der Waals surface area contributed by atoms with Crippen molar-refractivity contribution in [1.82, 2.24) is 10.3 Å². The number of nitrogens with zero attached hydrogens (tertiary/aromatic N) is 1. The molecule has 96 valence electrons. The number of nitrogens with two attached hydrogens (primary N) is 1. The molecular weight excluding hydrogens is 210 g/mol. The zero-order valence-corrected chi connectivity index (χ0v) is 11.0. The number of likely N-dealkylation sites (tertiary alicyclic amines) is 1. The average molecular weight is 235 g/mol. The van der Waals surface area contributed by atoms with Gasteiger partial charge in [-0.3, -0.25) is 16.2 Å². The van der Waals surface area contributed by atoms with E-state index in [1.165, 1.54) is 51.6 Å². The number of rotatable bonds is 4. The van der Waals surface area contributed by atoms with E-state index in [1.54, 1.807) is 0 Å². The van der Waals surface area contributed by atoms with Crippen LogP contribution in [0.5, 0.6) is 0 Å². The monoisotopic (exact) mass is 235 g/mol. The molecule has 2 aliphatic rings. The van der Waals surface area contributed by atoms with Crippen LogP contribution in [-0.4, -0.2) is 29.6 Å². The zero-order valence-electron chi connectivity index (χ0n) is 11.0. The molecule has 1 unspecified atom stereocenters. The first-order valence-electron chi connectivity index (χ1n) is 6.94. The van der Waals surface area contributed by atoms with Crippen LogP contribution in [0.1, 0.15) is 51.9 Å². The van der Waals surface area contributed by atoms with Crippen LogP contribution < -0.4 is 11.3 Å². The van der Waals surface area contributed by atoms with Crippen LogP contribution >= 0.6 is 0 Å². The van der Waals surface area contributed by atoms with Gasteiger partial charge < -0.3 is 0 Å². The predicted molar refractivity (Wildman–Crippen MR) is 71.2 cm³/mol. The maximum atomic E-state index is 5.80. The lowest BCUT2D eigenvalue weighted by atomic mass is 9.84. The first-order valence-corrected chi connectivity index (χ1v) is 6.94. The fraction of sp³-hybridized carbons (Fsp3) is 0.857. The van der Waals surface area contributed by atoms with Gasteiger partial charge in [0, 0.05) is 12.0 Å². The summed E-state index contributed by atoms with van der Waals surface area (Å²) >= 11 is 0. The highest BCUT2D eigenvalue weighted by Gasteiger charge is 2.45. The minimum atomic E-state index is 0.287. The Morgan fingerprint density at radius 3 is 2.41 bits per heavy atom. The van der Waals surface area contributed by atoms with Crippen LogP contribution in [0.3, 0.4) is 0 Å². The van der Waals surface area contributed by atoms with Crippen molar-refractivity contribution in [3.63, 3.8) is 0 Å². The molecule has 2 rings (SSSR count). The number of hydrogen-bond donors (Lipinski definition) is 2. The Bertz CT molecular complexity index is 290. The molecule has 0 bridgehead atoms. The molecule has 3 heteroatoms. The van der Waals surface area contributed by atoms with Gasteiger partial charge in [-0.2, -0.15) is 0 Å². The number of hydrogen-bond acceptors (Lipinski definition) is 3. The van der Waals surface area contributed by atoms with Crippen molar-refractivity contribution < 1.29 is 0 Å². The SMILES string of the molecule is CC#CCC(NN)C1(N2CCCC2)CCCC1. The zero-order chi connectivity index (χ0) is 12.1. The highest BCUT2D eigenvalue weighted by atomic mass is 15.3. The summed E-state index contributed by atoms with van der Waals surface area (Å²) in [5, 5.41) is 0. The molecule has 1 aliphatic carbocycles. The molecule has 1 aliphatic heterocycles. The van der Waals surface area contributed by atoms with Crippen LogP contribution in [-0.2, 0) is 0 Å². The molecule has 1 saturated carbocycles. The Morgan fingerprint density at radius 2 is 1.88 bits per heavy atom. The summed E-state index contributed by atoms with van der Waals surface area (Å²) in [6.07, 6.45) is 8.82. The second kappa shape index (κ2) is 5.86. The fourth-order valence-corrected chi connectivity index (χ4v) is 3.64. The van der Waals surface area contributed by atoms with Crippen molar-refractivity contribution in [2.75, 3.05) is 13.1 Å². The quantitative estimate of drug-likeness (QED) is 0.442. The van der Waals surface area contributed by atoms with Gasteiger partial charge in [-0.1, -0.05) is 12.8 Å². The Balaban J connectivity index is 2.14. The molecule has 3 nitrogen and oxygen atoms in total. The molecule has 1 heterocycles. The first kappa shape index (κ1) is 12.9. The van der Waals surface area contributed by atoms with Crippen LogP contribution in [0.4, 0.5) is 0 Å². The summed E-state index contributed by atoms with van der Waals surface area (Å²) in [4.78, 5) is 2.68. The van der Waals surface area contributed by atoms with Crippen molar-refractivity contribution in [2.24, 2.45) is 5.84 Å². The van der Waals surface area contributed by atoms with Gasteiger partial charge in [0.05, 0.1) is 6.04 Å². The van der Waals surface area contributed by atoms with E-state index < -0.39 is 0 Å². The van der Waals surface area contributed by atoms with Gasteiger partial charge in [-0.15, -0.1) is 11.8 Å². The summed E-state index contributed by atoms with van der Waals surface area (Å²) in [5.41, 5.74) is 3.34. The van der Waals surface area contributed by atoms with Gasteiger partial charge in [-0.25, -0.2) is 0 Å². The van der Waals surface area contributed by atoms with Crippen molar-refractivity contribution in [2.45, 2.75) is 63.5 Å². The molecule has 0 aromatic carbocycles. The number of hydrazine groups is 1. The van der Waals surface area contributed by atoms with Gasteiger partial charge in [-0.05, 0) is 45.7 Å². The lowest BCUT2D eigenvalue weighted by Crippen LogP contribution is -2.60. The minimum absolute atomic E-state index is 0.287. The lowest BCUT2D eigenvalue weighted by Gasteiger charge is -2.44. The van der Waals surface area contributed by atoms with E-state index >= 15 is 0 Å². The first-order chi connectivity index (χ1) is 8.33. The molecular formula is C14H25N3. The van der Waals surface area contributed by atoms with E-state index in [2.05, 4.69) is 22.2 Å². The van der Waals surface area contributed by atoms with Crippen molar-refractivity contribution in [3.8, 4) is 11.8 Å². The van der Waals surface area contributed by atoms with Gasteiger partial charge in [0.15, 0.2) is 0 Å². The molecule has 1 atom stereocenters. The Kier molecular flexibility index (Phi) is 4.44. The molecule has 0 aromatic heterocycles. The normalized spacial score (nSPS) is 25.5. The average Bonchev–Trinajstić information content (AvgIpc) is 3.01. The summed E-state index contributed by atoms with van der Waals surface area (Å²) in [7, 11) is 0. The standard InChI is InChI=1S/C14H25N3/c1-2-3-8-13(16-15)14(9-4-5-10-14)17-11-6-7-12-17/h13,16H,4-12,15H2,1H3. The topological polar surface area (TPSA) is 41.3 Å². The molecule has 0 radical (unpaired) electrons. The number of nitrogens with one attached hydrogen (secondary N) is 1. The molecule has 1 saturated heterocycles. The summed E-state index contributed by atoms with van der Waals surface area (Å²) < 4.78 is 0. The largest absolute Gasteiger partial charge is 0.296 e. The molecule has 3 N–H and O–H groups in total. The predicted octanol–water partition coefficient (Wildman–Crippen LogP) is 1.64. The molecule has 0 spiro atoms. The molecule has 2 fully saturated rings. The third-order valence-electron chi connectivity index (χ3n) is 4.54. The Labute approximate surface area is 105 Å². The van der Waals surface area contributed by atoms with E-state index in [4.69, 9.17) is 5.84 Å².